The SMILES string of the molecule is [Co].c1ccc(-[c-]2[cH-][cH-][cH-][cH-]2)cc1.c1ccc(-[c-]2cccc2)cc1. The van der Waals surface area contributed by atoms with Crippen LogP contribution in [0, 0.1) is 0 Å². The van der Waals surface area contributed by atoms with Crippen LogP contribution in [0.15, 0.2) is 109 Å². The monoisotopic (exact) mass is 341 g/mol. The largest absolute Gasteiger partial charge is 0.642 e. The molecule has 0 N–H and O–H groups in total. The fourth-order valence-corrected chi connectivity index (χ4v) is 2.39. The van der Waals surface area contributed by atoms with E-state index in [1.165, 1.54) is 22.3 Å². The van der Waals surface area contributed by atoms with Gasteiger partial charge in [0.05, 0.1) is 0 Å². The molecule has 0 fully saturated rings. The van der Waals surface area contributed by atoms with Gasteiger partial charge in [-0.2, -0.15) is 24.3 Å². The Kier molecular flexibility index (Phi) is 6.61. The van der Waals surface area contributed by atoms with Crippen molar-refractivity contribution in [3.63, 3.8) is 0 Å². The molecule has 121 valence electrons. The van der Waals surface area contributed by atoms with Crippen LogP contribution in [0.4, 0.5) is 0 Å². The summed E-state index contributed by atoms with van der Waals surface area (Å²) >= 11 is 0. The van der Waals surface area contributed by atoms with Gasteiger partial charge in [-0.3, -0.25) is 0 Å². The molecule has 4 aromatic carbocycles. The first-order chi connectivity index (χ1) is 10.9. The minimum Gasteiger partial charge on any atom is -0.642 e. The van der Waals surface area contributed by atoms with Crippen LogP contribution in [-0.4, -0.2) is 0 Å². The molecule has 23 heavy (non-hydrogen) atoms. The number of hydrogen-bond acceptors (Lipinski definition) is 0. The molecule has 1 heteroatoms. The first-order valence-electron chi connectivity index (χ1n) is 7.48. The smallest absolute Gasteiger partial charge is 0 e. The van der Waals surface area contributed by atoms with Crippen LogP contribution >= 0.6 is 0 Å². The summed E-state index contributed by atoms with van der Waals surface area (Å²) in [4.78, 5) is 0. The predicted octanol–water partition coefficient (Wildman–Crippen LogP) is 6.14. The van der Waals surface area contributed by atoms with Gasteiger partial charge in [0.15, 0.2) is 0 Å². The van der Waals surface area contributed by atoms with Crippen molar-refractivity contribution in [2.45, 2.75) is 0 Å². The van der Waals surface area contributed by atoms with Crippen molar-refractivity contribution >= 4 is 0 Å². The molecule has 0 aromatic heterocycles. The van der Waals surface area contributed by atoms with E-state index in [0.29, 0.717) is 0 Å². The zero-order valence-corrected chi connectivity index (χ0v) is 13.8. The zero-order chi connectivity index (χ0) is 15.0. The van der Waals surface area contributed by atoms with Crippen LogP contribution in [0.1, 0.15) is 0 Å². The summed E-state index contributed by atoms with van der Waals surface area (Å²) in [5, 5.41) is 0. The van der Waals surface area contributed by atoms with Crippen LogP contribution in [0.2, 0.25) is 0 Å². The van der Waals surface area contributed by atoms with Gasteiger partial charge in [-0.05, 0) is 0 Å². The van der Waals surface area contributed by atoms with Gasteiger partial charge >= 0.3 is 0 Å². The Morgan fingerprint density at radius 1 is 0.565 bits per heavy atom. The Morgan fingerprint density at radius 3 is 1.57 bits per heavy atom. The quantitative estimate of drug-likeness (QED) is 0.384. The summed E-state index contributed by atoms with van der Waals surface area (Å²) in [5.74, 6) is 0. The van der Waals surface area contributed by atoms with Gasteiger partial charge in [0.1, 0.15) is 0 Å². The van der Waals surface area contributed by atoms with E-state index >= 15 is 0 Å². The number of rotatable bonds is 2. The van der Waals surface area contributed by atoms with Crippen molar-refractivity contribution < 1.29 is 16.8 Å². The van der Waals surface area contributed by atoms with E-state index in [0.717, 1.165) is 0 Å². The second kappa shape index (κ2) is 8.94. The molecular formula is C22H18Co-6. The molecule has 0 amide bonds. The van der Waals surface area contributed by atoms with Gasteiger partial charge in [-0.25, -0.2) is 0 Å². The topological polar surface area (TPSA) is 0 Å². The van der Waals surface area contributed by atoms with Crippen molar-refractivity contribution in [2.75, 3.05) is 0 Å². The fraction of sp³-hybridized carbons (Fsp3) is 0. The first kappa shape index (κ1) is 17.0. The fourth-order valence-electron chi connectivity index (χ4n) is 2.39. The summed E-state index contributed by atoms with van der Waals surface area (Å²) in [6.07, 6.45) is 0. The molecule has 0 saturated carbocycles. The van der Waals surface area contributed by atoms with Crippen LogP contribution in [-0.2, 0) is 16.8 Å². The Labute approximate surface area is 148 Å². The molecule has 4 rings (SSSR count). The van der Waals surface area contributed by atoms with Crippen molar-refractivity contribution in [1.29, 1.82) is 0 Å². The van der Waals surface area contributed by atoms with Crippen molar-refractivity contribution in [1.82, 2.24) is 0 Å². The molecule has 4 aromatic rings. The molecule has 1 radical (unpaired) electrons. The number of hydrogen-bond donors (Lipinski definition) is 0. The Morgan fingerprint density at radius 2 is 1.04 bits per heavy atom. The molecule has 0 aliphatic carbocycles. The summed E-state index contributed by atoms with van der Waals surface area (Å²) in [6, 6.07) is 37.5. The Balaban J connectivity index is 0.000000160. The van der Waals surface area contributed by atoms with Gasteiger partial charge in [-0.1, -0.05) is 23.8 Å². The third-order valence-corrected chi connectivity index (χ3v) is 3.54. The van der Waals surface area contributed by atoms with E-state index in [1.807, 2.05) is 12.1 Å². The molecule has 0 unspecified atom stereocenters. The third-order valence-electron chi connectivity index (χ3n) is 3.54. The minimum absolute atomic E-state index is 0. The zero-order valence-electron chi connectivity index (χ0n) is 12.7. The summed E-state index contributed by atoms with van der Waals surface area (Å²) < 4.78 is 0. The standard InChI is InChI=1S/2C11H9.Co/c2*1-2-6-10(7-3-1)11-8-4-5-9-11;/h2*1-9H;/q-5;-1;. The molecule has 0 heterocycles. The Hall–Kier alpha value is -2.35. The predicted molar refractivity (Wildman–Crippen MR) is 94.9 cm³/mol. The summed E-state index contributed by atoms with van der Waals surface area (Å²) in [5.41, 5.74) is 5.17. The molecule has 0 bridgehead atoms. The molecular weight excluding hydrogens is 323 g/mol. The average molecular weight is 341 g/mol. The summed E-state index contributed by atoms with van der Waals surface area (Å²) in [7, 11) is 0. The van der Waals surface area contributed by atoms with Gasteiger partial charge in [0, 0.05) is 16.8 Å². The number of benzene rings is 2. The van der Waals surface area contributed by atoms with Gasteiger partial charge in [0.25, 0.3) is 0 Å². The maximum absolute atomic E-state index is 2.12. The second-order valence-electron chi connectivity index (χ2n) is 5.08. The summed E-state index contributed by atoms with van der Waals surface area (Å²) in [6.45, 7) is 0. The van der Waals surface area contributed by atoms with Gasteiger partial charge in [-0.15, -0.1) is 35.9 Å². The first-order valence-corrected chi connectivity index (χ1v) is 7.48. The normalized spacial score (nSPS) is 9.39. The van der Waals surface area contributed by atoms with Crippen molar-refractivity contribution in [3.05, 3.63) is 109 Å². The maximum Gasteiger partial charge on any atom is 0 e. The van der Waals surface area contributed by atoms with Crippen molar-refractivity contribution in [2.24, 2.45) is 0 Å². The van der Waals surface area contributed by atoms with E-state index in [-0.39, 0.29) is 16.8 Å². The van der Waals surface area contributed by atoms with Crippen molar-refractivity contribution in [3.8, 4) is 22.3 Å². The van der Waals surface area contributed by atoms with E-state index in [1.54, 1.807) is 0 Å². The van der Waals surface area contributed by atoms with Crippen LogP contribution in [0.25, 0.3) is 22.3 Å². The second-order valence-corrected chi connectivity index (χ2v) is 5.08. The van der Waals surface area contributed by atoms with Crippen LogP contribution < -0.4 is 0 Å². The maximum atomic E-state index is 2.12. The average Bonchev–Trinajstić information content (AvgIpc) is 3.31. The third kappa shape index (κ3) is 4.81. The minimum atomic E-state index is 0. The molecule has 0 aliphatic rings. The molecule has 0 atom stereocenters. The van der Waals surface area contributed by atoms with E-state index in [2.05, 4.69) is 97.1 Å². The van der Waals surface area contributed by atoms with E-state index in [9.17, 15) is 0 Å². The van der Waals surface area contributed by atoms with Crippen LogP contribution in [0.3, 0.4) is 0 Å². The van der Waals surface area contributed by atoms with E-state index in [4.69, 9.17) is 0 Å². The van der Waals surface area contributed by atoms with Gasteiger partial charge < -0.3 is 47.5 Å². The van der Waals surface area contributed by atoms with Gasteiger partial charge in [0.2, 0.25) is 0 Å². The molecule has 0 spiro atoms. The Bertz CT molecular complexity index is 682. The van der Waals surface area contributed by atoms with Crippen LogP contribution in [0.5, 0.6) is 0 Å². The molecule has 0 nitrogen and oxygen atoms in total. The van der Waals surface area contributed by atoms with E-state index < -0.39 is 0 Å². The molecule has 0 saturated heterocycles. The molecule has 0 aliphatic heterocycles.